The summed E-state index contributed by atoms with van der Waals surface area (Å²) in [6, 6.07) is 9.61. The number of nitrogens with two attached hydrogens (primary N) is 1. The van der Waals surface area contributed by atoms with Crippen LogP contribution in [0.3, 0.4) is 0 Å². The summed E-state index contributed by atoms with van der Waals surface area (Å²) < 4.78 is 0. The molecule has 0 aliphatic heterocycles. The molecule has 0 radical (unpaired) electrons. The topological polar surface area (TPSA) is 29.3 Å². The van der Waals surface area contributed by atoms with Gasteiger partial charge in [-0.05, 0) is 56.4 Å². The fourth-order valence-corrected chi connectivity index (χ4v) is 2.40. The molecule has 0 bridgehead atoms. The van der Waals surface area contributed by atoms with Gasteiger partial charge in [-0.2, -0.15) is 0 Å². The van der Waals surface area contributed by atoms with Crippen LogP contribution in [0, 0.1) is 5.92 Å². The fraction of sp³-hybridized carbons (Fsp3) is 0.647. The molecular formula is C17H30N2. The minimum Gasteiger partial charge on any atom is -0.330 e. The van der Waals surface area contributed by atoms with E-state index in [4.69, 9.17) is 5.73 Å². The Morgan fingerprint density at radius 2 is 1.58 bits per heavy atom. The summed E-state index contributed by atoms with van der Waals surface area (Å²) >= 11 is 0. The predicted molar refractivity (Wildman–Crippen MR) is 84.4 cm³/mol. The Kier molecular flexibility index (Phi) is 6.53. The predicted octanol–water partition coefficient (Wildman–Crippen LogP) is 3.79. The molecule has 1 rings (SSSR count). The number of benzene rings is 1. The molecule has 0 aliphatic rings. The second kappa shape index (κ2) is 7.66. The summed E-state index contributed by atoms with van der Waals surface area (Å²) in [7, 11) is 4.30. The van der Waals surface area contributed by atoms with Gasteiger partial charge in [-0.1, -0.05) is 45.0 Å². The van der Waals surface area contributed by atoms with E-state index in [2.05, 4.69) is 64.0 Å². The van der Waals surface area contributed by atoms with E-state index < -0.39 is 0 Å². The van der Waals surface area contributed by atoms with Crippen LogP contribution >= 0.6 is 0 Å². The molecule has 108 valence electrons. The Bertz CT molecular complexity index is 356. The second-order valence-corrected chi connectivity index (χ2v) is 6.03. The molecule has 0 heterocycles. The van der Waals surface area contributed by atoms with Gasteiger partial charge in [0.15, 0.2) is 0 Å². The van der Waals surface area contributed by atoms with E-state index in [1.54, 1.807) is 0 Å². The van der Waals surface area contributed by atoms with Crippen LogP contribution in [0.2, 0.25) is 0 Å². The van der Waals surface area contributed by atoms with Crippen LogP contribution in [0.4, 0.5) is 0 Å². The molecule has 19 heavy (non-hydrogen) atoms. The highest BCUT2D eigenvalue weighted by Crippen LogP contribution is 2.27. The highest BCUT2D eigenvalue weighted by atomic mass is 15.1. The molecule has 0 spiro atoms. The third-order valence-electron chi connectivity index (χ3n) is 4.15. The molecule has 0 aliphatic carbocycles. The largest absolute Gasteiger partial charge is 0.330 e. The summed E-state index contributed by atoms with van der Waals surface area (Å²) in [5, 5.41) is 0. The SMILES string of the molecule is CCC(C)c1ccc(C(CC(C)CN)N(C)C)cc1. The fourth-order valence-electron chi connectivity index (χ4n) is 2.40. The van der Waals surface area contributed by atoms with Crippen molar-refractivity contribution >= 4 is 0 Å². The molecule has 0 saturated carbocycles. The van der Waals surface area contributed by atoms with Gasteiger partial charge in [0.05, 0.1) is 0 Å². The van der Waals surface area contributed by atoms with Gasteiger partial charge in [0, 0.05) is 6.04 Å². The zero-order valence-corrected chi connectivity index (χ0v) is 13.2. The summed E-state index contributed by atoms with van der Waals surface area (Å²) in [6.07, 6.45) is 2.31. The van der Waals surface area contributed by atoms with Gasteiger partial charge in [-0.3, -0.25) is 0 Å². The van der Waals surface area contributed by atoms with Crippen LogP contribution in [0.1, 0.15) is 56.7 Å². The number of hydrogen-bond acceptors (Lipinski definition) is 2. The monoisotopic (exact) mass is 262 g/mol. The Morgan fingerprint density at radius 3 is 2.00 bits per heavy atom. The number of hydrogen-bond donors (Lipinski definition) is 1. The van der Waals surface area contributed by atoms with Gasteiger partial charge in [-0.15, -0.1) is 0 Å². The van der Waals surface area contributed by atoms with E-state index in [-0.39, 0.29) is 0 Å². The van der Waals surface area contributed by atoms with Gasteiger partial charge in [0.2, 0.25) is 0 Å². The molecule has 3 atom stereocenters. The zero-order chi connectivity index (χ0) is 14.4. The van der Waals surface area contributed by atoms with Crippen LogP contribution in [-0.4, -0.2) is 25.5 Å². The van der Waals surface area contributed by atoms with Crippen molar-refractivity contribution in [3.63, 3.8) is 0 Å². The maximum atomic E-state index is 5.76. The lowest BCUT2D eigenvalue weighted by Crippen LogP contribution is -2.24. The third kappa shape index (κ3) is 4.63. The third-order valence-corrected chi connectivity index (χ3v) is 4.15. The Hall–Kier alpha value is -0.860. The Morgan fingerprint density at radius 1 is 1.05 bits per heavy atom. The van der Waals surface area contributed by atoms with Crippen molar-refractivity contribution in [3.8, 4) is 0 Å². The molecule has 0 saturated heterocycles. The van der Waals surface area contributed by atoms with Crippen molar-refractivity contribution in [2.75, 3.05) is 20.6 Å². The van der Waals surface area contributed by atoms with Crippen molar-refractivity contribution in [1.82, 2.24) is 4.90 Å². The van der Waals surface area contributed by atoms with E-state index in [1.807, 2.05) is 0 Å². The molecule has 0 fully saturated rings. The first-order valence-corrected chi connectivity index (χ1v) is 7.45. The van der Waals surface area contributed by atoms with Crippen LogP contribution in [-0.2, 0) is 0 Å². The first-order valence-electron chi connectivity index (χ1n) is 7.45. The molecular weight excluding hydrogens is 232 g/mol. The van der Waals surface area contributed by atoms with E-state index in [1.165, 1.54) is 17.5 Å². The molecule has 2 N–H and O–H groups in total. The molecule has 2 heteroatoms. The number of nitrogens with zero attached hydrogens (tertiary/aromatic N) is 1. The molecule has 2 nitrogen and oxygen atoms in total. The standard InChI is InChI=1S/C17H30N2/c1-6-14(3)15-7-9-16(10-8-15)17(19(4)5)11-13(2)12-18/h7-10,13-14,17H,6,11-12,18H2,1-5H3. The van der Waals surface area contributed by atoms with Crippen LogP contribution in [0.15, 0.2) is 24.3 Å². The highest BCUT2D eigenvalue weighted by molar-refractivity contribution is 5.27. The highest BCUT2D eigenvalue weighted by Gasteiger charge is 2.17. The lowest BCUT2D eigenvalue weighted by atomic mass is 9.92. The first-order chi connectivity index (χ1) is 8.99. The van der Waals surface area contributed by atoms with Gasteiger partial charge in [0.1, 0.15) is 0 Å². The van der Waals surface area contributed by atoms with Crippen molar-refractivity contribution in [3.05, 3.63) is 35.4 Å². The second-order valence-electron chi connectivity index (χ2n) is 6.03. The lowest BCUT2D eigenvalue weighted by Gasteiger charge is -2.27. The van der Waals surface area contributed by atoms with E-state index in [0.717, 1.165) is 13.0 Å². The molecule has 3 unspecified atom stereocenters. The minimum absolute atomic E-state index is 0.463. The van der Waals surface area contributed by atoms with Crippen LogP contribution < -0.4 is 5.73 Å². The van der Waals surface area contributed by atoms with E-state index in [9.17, 15) is 0 Å². The molecule has 0 aromatic heterocycles. The van der Waals surface area contributed by atoms with Crippen molar-refractivity contribution in [2.24, 2.45) is 11.7 Å². The van der Waals surface area contributed by atoms with E-state index in [0.29, 0.717) is 17.9 Å². The van der Waals surface area contributed by atoms with Crippen LogP contribution in [0.5, 0.6) is 0 Å². The molecule has 0 amide bonds. The lowest BCUT2D eigenvalue weighted by molar-refractivity contribution is 0.255. The maximum Gasteiger partial charge on any atom is 0.0345 e. The molecule has 1 aromatic rings. The van der Waals surface area contributed by atoms with Crippen molar-refractivity contribution < 1.29 is 0 Å². The molecule has 1 aromatic carbocycles. The van der Waals surface area contributed by atoms with Crippen LogP contribution in [0.25, 0.3) is 0 Å². The van der Waals surface area contributed by atoms with Gasteiger partial charge in [0.25, 0.3) is 0 Å². The quantitative estimate of drug-likeness (QED) is 0.810. The minimum atomic E-state index is 0.463. The smallest absolute Gasteiger partial charge is 0.0345 e. The van der Waals surface area contributed by atoms with Gasteiger partial charge < -0.3 is 10.6 Å². The Balaban J connectivity index is 2.85. The van der Waals surface area contributed by atoms with Crippen molar-refractivity contribution in [1.29, 1.82) is 0 Å². The summed E-state index contributed by atoms with van der Waals surface area (Å²) in [6.45, 7) is 7.51. The van der Waals surface area contributed by atoms with Crippen molar-refractivity contribution in [2.45, 2.75) is 45.6 Å². The first kappa shape index (κ1) is 16.2. The van der Waals surface area contributed by atoms with Gasteiger partial charge >= 0.3 is 0 Å². The normalized spacial score (nSPS) is 16.4. The number of rotatable bonds is 7. The van der Waals surface area contributed by atoms with E-state index >= 15 is 0 Å². The summed E-state index contributed by atoms with van der Waals surface area (Å²) in [4.78, 5) is 2.30. The summed E-state index contributed by atoms with van der Waals surface area (Å²) in [5.41, 5.74) is 8.60. The maximum absolute atomic E-state index is 5.76. The average molecular weight is 262 g/mol. The van der Waals surface area contributed by atoms with Gasteiger partial charge in [-0.25, -0.2) is 0 Å². The Labute approximate surface area is 119 Å². The average Bonchev–Trinajstić information content (AvgIpc) is 2.43. The zero-order valence-electron chi connectivity index (χ0n) is 13.2. The summed E-state index contributed by atoms with van der Waals surface area (Å²) in [5.74, 6) is 1.21.